The van der Waals surface area contributed by atoms with Gasteiger partial charge in [-0.25, -0.2) is 9.78 Å². The number of hydrogen-bond donors (Lipinski definition) is 1. The number of carbonyl (C=O) groups is 1. The third kappa shape index (κ3) is 3.72. The Kier molecular flexibility index (Phi) is 4.77. The summed E-state index contributed by atoms with van der Waals surface area (Å²) in [7, 11) is 5.28. The van der Waals surface area contributed by atoms with Crippen molar-refractivity contribution in [2.45, 2.75) is 6.54 Å². The fourth-order valence-corrected chi connectivity index (χ4v) is 1.94. The topological polar surface area (TPSA) is 54.5 Å². The summed E-state index contributed by atoms with van der Waals surface area (Å²) in [5, 5.41) is 3.26. The number of anilines is 2. The minimum atomic E-state index is -0.325. The Morgan fingerprint density at radius 3 is 2.62 bits per heavy atom. The van der Waals surface area contributed by atoms with Crippen LogP contribution in [0.15, 0.2) is 42.6 Å². The lowest BCUT2D eigenvalue weighted by Crippen LogP contribution is -2.11. The molecule has 5 heteroatoms. The molecule has 2 aromatic rings. The van der Waals surface area contributed by atoms with Gasteiger partial charge in [0.2, 0.25) is 0 Å². The zero-order chi connectivity index (χ0) is 15.2. The molecule has 110 valence electrons. The van der Waals surface area contributed by atoms with Gasteiger partial charge in [-0.2, -0.15) is 0 Å². The Balaban J connectivity index is 2.08. The molecule has 1 aromatic heterocycles. The van der Waals surface area contributed by atoms with Gasteiger partial charge in [-0.15, -0.1) is 0 Å². The number of carbonyl (C=O) groups excluding carboxylic acids is 1. The van der Waals surface area contributed by atoms with Crippen molar-refractivity contribution in [3.05, 3.63) is 53.7 Å². The maximum absolute atomic E-state index is 11.7. The minimum Gasteiger partial charge on any atom is -0.465 e. The Morgan fingerprint density at radius 2 is 2.00 bits per heavy atom. The van der Waals surface area contributed by atoms with E-state index in [0.717, 1.165) is 17.1 Å². The number of pyridine rings is 1. The van der Waals surface area contributed by atoms with Crippen molar-refractivity contribution in [2.24, 2.45) is 0 Å². The third-order valence-corrected chi connectivity index (χ3v) is 3.11. The van der Waals surface area contributed by atoms with Gasteiger partial charge in [-0.1, -0.05) is 18.2 Å². The summed E-state index contributed by atoms with van der Waals surface area (Å²) in [6, 6.07) is 11.3. The number of nitrogens with one attached hydrogen (secondary N) is 1. The van der Waals surface area contributed by atoms with Gasteiger partial charge in [0.1, 0.15) is 5.82 Å². The van der Waals surface area contributed by atoms with Crippen LogP contribution < -0.4 is 10.2 Å². The second-order valence-corrected chi connectivity index (χ2v) is 4.80. The molecule has 2 rings (SSSR count). The Morgan fingerprint density at radius 1 is 1.24 bits per heavy atom. The van der Waals surface area contributed by atoms with Gasteiger partial charge in [-0.05, 0) is 23.8 Å². The highest BCUT2D eigenvalue weighted by atomic mass is 16.5. The smallest absolute Gasteiger partial charge is 0.338 e. The van der Waals surface area contributed by atoms with E-state index >= 15 is 0 Å². The van der Waals surface area contributed by atoms with Crippen LogP contribution in [0.25, 0.3) is 0 Å². The molecule has 1 heterocycles. The standard InChI is InChI=1S/C16H19N3O2/c1-19(2)15-9-8-13(11-18-15)17-10-12-6-4-5-7-14(12)16(20)21-3/h4-9,11,17H,10H2,1-3H3. The number of aromatic nitrogens is 1. The van der Waals surface area contributed by atoms with Crippen LogP contribution in [0.5, 0.6) is 0 Å². The zero-order valence-electron chi connectivity index (χ0n) is 12.5. The second-order valence-electron chi connectivity index (χ2n) is 4.80. The first-order chi connectivity index (χ1) is 10.1. The number of rotatable bonds is 5. The van der Waals surface area contributed by atoms with E-state index in [1.807, 2.05) is 49.3 Å². The summed E-state index contributed by atoms with van der Waals surface area (Å²) in [5.74, 6) is 0.573. The molecule has 5 nitrogen and oxygen atoms in total. The van der Waals surface area contributed by atoms with E-state index in [-0.39, 0.29) is 5.97 Å². The molecule has 0 saturated carbocycles. The summed E-state index contributed by atoms with van der Waals surface area (Å²) < 4.78 is 4.79. The predicted octanol–water partition coefficient (Wildman–Crippen LogP) is 2.55. The molecule has 0 aliphatic rings. The lowest BCUT2D eigenvalue weighted by atomic mass is 10.1. The maximum Gasteiger partial charge on any atom is 0.338 e. The lowest BCUT2D eigenvalue weighted by molar-refractivity contribution is 0.0599. The first kappa shape index (κ1) is 14.8. The second kappa shape index (κ2) is 6.74. The number of benzene rings is 1. The average molecular weight is 285 g/mol. The third-order valence-electron chi connectivity index (χ3n) is 3.11. The zero-order valence-corrected chi connectivity index (χ0v) is 12.5. The quantitative estimate of drug-likeness (QED) is 0.856. The summed E-state index contributed by atoms with van der Waals surface area (Å²) >= 11 is 0. The van der Waals surface area contributed by atoms with Gasteiger partial charge in [0.15, 0.2) is 0 Å². The number of ether oxygens (including phenoxy) is 1. The van der Waals surface area contributed by atoms with Crippen LogP contribution in [-0.2, 0) is 11.3 Å². The fraction of sp³-hybridized carbons (Fsp3) is 0.250. The Hall–Kier alpha value is -2.56. The van der Waals surface area contributed by atoms with Gasteiger partial charge < -0.3 is 15.0 Å². The van der Waals surface area contributed by atoms with E-state index in [2.05, 4.69) is 10.3 Å². The van der Waals surface area contributed by atoms with E-state index in [0.29, 0.717) is 12.1 Å². The summed E-state index contributed by atoms with van der Waals surface area (Å²) in [6.07, 6.45) is 1.77. The fourth-order valence-electron chi connectivity index (χ4n) is 1.94. The van der Waals surface area contributed by atoms with Gasteiger partial charge in [0, 0.05) is 20.6 Å². The summed E-state index contributed by atoms with van der Waals surface area (Å²) in [4.78, 5) is 18.0. The molecular weight excluding hydrogens is 266 g/mol. The van der Waals surface area contributed by atoms with Crippen molar-refractivity contribution in [3.63, 3.8) is 0 Å². The van der Waals surface area contributed by atoms with E-state index in [4.69, 9.17) is 4.74 Å². The molecule has 21 heavy (non-hydrogen) atoms. The molecule has 0 atom stereocenters. The molecule has 0 amide bonds. The molecular formula is C16H19N3O2. The SMILES string of the molecule is COC(=O)c1ccccc1CNc1ccc(N(C)C)nc1. The van der Waals surface area contributed by atoms with E-state index in [9.17, 15) is 4.79 Å². The van der Waals surface area contributed by atoms with E-state index < -0.39 is 0 Å². The van der Waals surface area contributed by atoms with Crippen molar-refractivity contribution in [1.29, 1.82) is 0 Å². The molecule has 0 aliphatic carbocycles. The van der Waals surface area contributed by atoms with Gasteiger partial charge in [-0.3, -0.25) is 0 Å². The van der Waals surface area contributed by atoms with Crippen LogP contribution in [0.3, 0.4) is 0 Å². The Bertz CT molecular complexity index is 609. The summed E-state index contributed by atoms with van der Waals surface area (Å²) in [5.41, 5.74) is 2.37. The largest absolute Gasteiger partial charge is 0.465 e. The maximum atomic E-state index is 11.7. The van der Waals surface area contributed by atoms with Crippen molar-refractivity contribution in [2.75, 3.05) is 31.4 Å². The van der Waals surface area contributed by atoms with Crippen LogP contribution in [0.4, 0.5) is 11.5 Å². The molecule has 0 radical (unpaired) electrons. The number of nitrogens with zero attached hydrogens (tertiary/aromatic N) is 2. The summed E-state index contributed by atoms with van der Waals surface area (Å²) in [6.45, 7) is 0.536. The van der Waals surface area contributed by atoms with Crippen molar-refractivity contribution in [3.8, 4) is 0 Å². The molecule has 0 fully saturated rings. The highest BCUT2D eigenvalue weighted by Crippen LogP contribution is 2.15. The highest BCUT2D eigenvalue weighted by molar-refractivity contribution is 5.91. The van der Waals surface area contributed by atoms with E-state index in [1.54, 1.807) is 12.3 Å². The van der Waals surface area contributed by atoms with Crippen molar-refractivity contribution >= 4 is 17.5 Å². The number of methoxy groups -OCH3 is 1. The van der Waals surface area contributed by atoms with Crippen LogP contribution in [0, 0.1) is 0 Å². The van der Waals surface area contributed by atoms with Crippen LogP contribution >= 0.6 is 0 Å². The minimum absolute atomic E-state index is 0.325. The average Bonchev–Trinajstić information content (AvgIpc) is 2.52. The van der Waals surface area contributed by atoms with Gasteiger partial charge in [0.05, 0.1) is 24.6 Å². The number of esters is 1. The highest BCUT2D eigenvalue weighted by Gasteiger charge is 2.10. The van der Waals surface area contributed by atoms with Gasteiger partial charge >= 0.3 is 5.97 Å². The van der Waals surface area contributed by atoms with E-state index in [1.165, 1.54) is 7.11 Å². The molecule has 0 saturated heterocycles. The monoisotopic (exact) mass is 285 g/mol. The Labute approximate surface area is 124 Å². The normalized spacial score (nSPS) is 10.0. The van der Waals surface area contributed by atoms with Crippen LogP contribution in [-0.4, -0.2) is 32.2 Å². The molecule has 0 aliphatic heterocycles. The lowest BCUT2D eigenvalue weighted by Gasteiger charge is -2.13. The molecule has 0 bridgehead atoms. The van der Waals surface area contributed by atoms with Crippen molar-refractivity contribution < 1.29 is 9.53 Å². The van der Waals surface area contributed by atoms with Crippen LogP contribution in [0.1, 0.15) is 15.9 Å². The molecule has 0 spiro atoms. The first-order valence-electron chi connectivity index (χ1n) is 6.65. The van der Waals surface area contributed by atoms with Gasteiger partial charge in [0.25, 0.3) is 0 Å². The first-order valence-corrected chi connectivity index (χ1v) is 6.65. The predicted molar refractivity (Wildman–Crippen MR) is 83.7 cm³/mol. The van der Waals surface area contributed by atoms with Crippen molar-refractivity contribution in [1.82, 2.24) is 4.98 Å². The number of hydrogen-bond acceptors (Lipinski definition) is 5. The molecule has 1 N–H and O–H groups in total. The van der Waals surface area contributed by atoms with Crippen LogP contribution in [0.2, 0.25) is 0 Å². The molecule has 1 aromatic carbocycles. The molecule has 0 unspecified atom stereocenters.